The van der Waals surface area contributed by atoms with Gasteiger partial charge in [0.1, 0.15) is 0 Å². The molecule has 6 heteroatoms. The quantitative estimate of drug-likeness (QED) is 0.387. The van der Waals surface area contributed by atoms with E-state index in [1.807, 2.05) is 18.2 Å². The molecule has 0 heterocycles. The highest BCUT2D eigenvalue weighted by atomic mass is 32.2. The molecule has 1 rings (SSSR count). The predicted octanol–water partition coefficient (Wildman–Crippen LogP) is 1.85. The van der Waals surface area contributed by atoms with Crippen molar-refractivity contribution in [1.82, 2.24) is 0 Å². The van der Waals surface area contributed by atoms with Crippen molar-refractivity contribution < 1.29 is 22.5 Å². The third-order valence-corrected chi connectivity index (χ3v) is 1.86. The van der Waals surface area contributed by atoms with E-state index in [1.165, 1.54) is 11.6 Å². The van der Waals surface area contributed by atoms with Crippen molar-refractivity contribution in [2.24, 2.45) is 0 Å². The lowest BCUT2D eigenvalue weighted by Crippen LogP contribution is -2.02. The van der Waals surface area contributed by atoms with Gasteiger partial charge in [0.05, 0.1) is 12.9 Å². The highest BCUT2D eigenvalue weighted by Gasteiger charge is 1.95. The van der Waals surface area contributed by atoms with Gasteiger partial charge in [0.25, 0.3) is 10.1 Å². The lowest BCUT2D eigenvalue weighted by Gasteiger charge is -2.01. The van der Waals surface area contributed by atoms with E-state index in [2.05, 4.69) is 18.7 Å². The van der Waals surface area contributed by atoms with Crippen molar-refractivity contribution in [2.45, 2.75) is 12.8 Å². The number of carbonyl (C=O) groups is 1. The summed E-state index contributed by atoms with van der Waals surface area (Å²) >= 11 is 0. The van der Waals surface area contributed by atoms with Crippen molar-refractivity contribution in [3.63, 3.8) is 0 Å². The first-order valence-corrected chi connectivity index (χ1v) is 7.43. The molecule has 0 amide bonds. The highest BCUT2D eigenvalue weighted by molar-refractivity contribution is 7.85. The van der Waals surface area contributed by atoms with Crippen LogP contribution >= 0.6 is 0 Å². The lowest BCUT2D eigenvalue weighted by atomic mass is 10.1. The Morgan fingerprint density at radius 1 is 1.37 bits per heavy atom. The Morgan fingerprint density at radius 3 is 2.37 bits per heavy atom. The minimum Gasteiger partial charge on any atom is -0.463 e. The summed E-state index contributed by atoms with van der Waals surface area (Å²) in [5, 5.41) is 0. The number of aryl methyl sites for hydroxylation is 1. The molecule has 0 aliphatic heterocycles. The summed E-state index contributed by atoms with van der Waals surface area (Å²) < 4.78 is 30.7. The molecule has 1 aromatic carbocycles. The fourth-order valence-corrected chi connectivity index (χ4v) is 1.15. The lowest BCUT2D eigenvalue weighted by molar-refractivity contribution is -0.137. The van der Waals surface area contributed by atoms with Gasteiger partial charge < -0.3 is 4.74 Å². The second-order valence-electron chi connectivity index (χ2n) is 3.69. The Balaban J connectivity index is 0.000000555. The summed E-state index contributed by atoms with van der Waals surface area (Å²) in [5.41, 5.74) is 1.27. The Morgan fingerprint density at radius 2 is 1.89 bits per heavy atom. The van der Waals surface area contributed by atoms with E-state index in [4.69, 9.17) is 9.29 Å². The molecular formula is C13H18O5S. The zero-order chi connectivity index (χ0) is 14.7. The van der Waals surface area contributed by atoms with Crippen LogP contribution in [0.25, 0.3) is 0 Å². The fourth-order valence-electron chi connectivity index (χ4n) is 1.15. The molecular weight excluding hydrogens is 268 g/mol. The number of rotatable bonds is 5. The summed E-state index contributed by atoms with van der Waals surface area (Å²) in [5.74, 6) is -0.349. The molecule has 19 heavy (non-hydrogen) atoms. The van der Waals surface area contributed by atoms with E-state index in [9.17, 15) is 13.2 Å². The Labute approximate surface area is 113 Å². The van der Waals surface area contributed by atoms with E-state index < -0.39 is 10.1 Å². The van der Waals surface area contributed by atoms with E-state index in [-0.39, 0.29) is 5.97 Å². The molecule has 0 aromatic heterocycles. The number of hydrogen-bond acceptors (Lipinski definition) is 4. The molecule has 0 unspecified atom stereocenters. The zero-order valence-corrected chi connectivity index (χ0v) is 11.6. The van der Waals surface area contributed by atoms with Crippen LogP contribution in [0.2, 0.25) is 0 Å². The summed E-state index contributed by atoms with van der Waals surface area (Å²) in [7, 11) is -3.67. The molecule has 0 spiro atoms. The van der Waals surface area contributed by atoms with Crippen LogP contribution in [0.3, 0.4) is 0 Å². The summed E-state index contributed by atoms with van der Waals surface area (Å²) in [6.07, 6.45) is 3.68. The van der Waals surface area contributed by atoms with Gasteiger partial charge in [-0.2, -0.15) is 8.42 Å². The van der Waals surface area contributed by atoms with Gasteiger partial charge >= 0.3 is 5.97 Å². The minimum absolute atomic E-state index is 0.349. The first-order valence-electron chi connectivity index (χ1n) is 5.58. The average Bonchev–Trinajstić information content (AvgIpc) is 2.33. The van der Waals surface area contributed by atoms with Gasteiger partial charge in [-0.15, -0.1) is 0 Å². The van der Waals surface area contributed by atoms with Gasteiger partial charge in [0.2, 0.25) is 0 Å². The van der Waals surface area contributed by atoms with Crippen LogP contribution in [0.15, 0.2) is 43.0 Å². The molecule has 5 nitrogen and oxygen atoms in total. The molecule has 0 saturated carbocycles. The number of benzene rings is 1. The van der Waals surface area contributed by atoms with Gasteiger partial charge in [0.15, 0.2) is 0 Å². The van der Waals surface area contributed by atoms with Crippen LogP contribution in [0, 0.1) is 0 Å². The van der Waals surface area contributed by atoms with Crippen LogP contribution in [-0.4, -0.2) is 31.8 Å². The van der Waals surface area contributed by atoms with E-state index in [0.717, 1.165) is 12.8 Å². The number of hydrogen-bond donors (Lipinski definition) is 1. The van der Waals surface area contributed by atoms with Gasteiger partial charge in [0, 0.05) is 6.08 Å². The molecule has 0 bridgehead atoms. The largest absolute Gasteiger partial charge is 0.463 e. The number of ether oxygens (including phenoxy) is 1. The fraction of sp³-hybridized carbons (Fsp3) is 0.308. The van der Waals surface area contributed by atoms with Crippen LogP contribution in [0.4, 0.5) is 0 Å². The van der Waals surface area contributed by atoms with Crippen molar-refractivity contribution >= 4 is 16.1 Å². The standard InChI is InChI=1S/C12H14O2.CH4O3S/c1-2-12(13)14-10-6-9-11-7-4-3-5-8-11;1-5(2,3)4/h2-5,7-8H,1,6,9-10H2;1H3,(H,2,3,4). The Kier molecular flexibility index (Phi) is 8.48. The van der Waals surface area contributed by atoms with Crippen LogP contribution in [0.1, 0.15) is 12.0 Å². The molecule has 0 saturated heterocycles. The smallest absolute Gasteiger partial charge is 0.330 e. The van der Waals surface area contributed by atoms with Crippen LogP contribution in [-0.2, 0) is 26.1 Å². The third-order valence-electron chi connectivity index (χ3n) is 1.86. The topological polar surface area (TPSA) is 80.7 Å². The Hall–Kier alpha value is -1.66. The highest BCUT2D eigenvalue weighted by Crippen LogP contribution is 2.02. The van der Waals surface area contributed by atoms with Crippen molar-refractivity contribution in [1.29, 1.82) is 0 Å². The third kappa shape index (κ3) is 14.3. The second kappa shape index (κ2) is 9.29. The number of esters is 1. The Bertz CT molecular complexity index is 471. The molecule has 1 aromatic rings. The zero-order valence-electron chi connectivity index (χ0n) is 10.8. The van der Waals surface area contributed by atoms with Crippen molar-refractivity contribution in [2.75, 3.05) is 12.9 Å². The SMILES string of the molecule is C=CC(=O)OCCCc1ccccc1.CS(=O)(=O)O. The van der Waals surface area contributed by atoms with Crippen molar-refractivity contribution in [3.8, 4) is 0 Å². The molecule has 0 aliphatic rings. The minimum atomic E-state index is -3.67. The second-order valence-corrected chi connectivity index (χ2v) is 5.16. The maximum atomic E-state index is 10.7. The maximum absolute atomic E-state index is 10.7. The van der Waals surface area contributed by atoms with E-state index >= 15 is 0 Å². The summed E-state index contributed by atoms with van der Waals surface area (Å²) in [6, 6.07) is 10.1. The first-order chi connectivity index (χ1) is 8.83. The summed E-state index contributed by atoms with van der Waals surface area (Å²) in [6.45, 7) is 3.78. The molecule has 0 radical (unpaired) electrons. The maximum Gasteiger partial charge on any atom is 0.330 e. The van der Waals surface area contributed by atoms with E-state index in [1.54, 1.807) is 0 Å². The van der Waals surface area contributed by atoms with Crippen LogP contribution < -0.4 is 0 Å². The number of carbonyl (C=O) groups excluding carboxylic acids is 1. The van der Waals surface area contributed by atoms with Gasteiger partial charge in [-0.05, 0) is 18.4 Å². The monoisotopic (exact) mass is 286 g/mol. The first kappa shape index (κ1) is 17.3. The average molecular weight is 286 g/mol. The molecule has 0 atom stereocenters. The van der Waals surface area contributed by atoms with Gasteiger partial charge in [-0.25, -0.2) is 4.79 Å². The van der Waals surface area contributed by atoms with E-state index in [0.29, 0.717) is 12.9 Å². The molecule has 0 fully saturated rings. The molecule has 1 N–H and O–H groups in total. The molecule has 106 valence electrons. The van der Waals surface area contributed by atoms with Crippen molar-refractivity contribution in [3.05, 3.63) is 48.6 Å². The molecule has 0 aliphatic carbocycles. The summed E-state index contributed by atoms with van der Waals surface area (Å²) in [4.78, 5) is 10.7. The normalized spacial score (nSPS) is 10.0. The van der Waals surface area contributed by atoms with Gasteiger partial charge in [-0.3, -0.25) is 4.55 Å². The van der Waals surface area contributed by atoms with Crippen LogP contribution in [0.5, 0.6) is 0 Å². The van der Waals surface area contributed by atoms with Gasteiger partial charge in [-0.1, -0.05) is 36.9 Å². The predicted molar refractivity (Wildman–Crippen MR) is 73.4 cm³/mol.